The number of hydrogen-bond donors (Lipinski definition) is 0. The van der Waals surface area contributed by atoms with Gasteiger partial charge in [-0.05, 0) is 41.7 Å². The predicted molar refractivity (Wildman–Crippen MR) is 82.9 cm³/mol. The summed E-state index contributed by atoms with van der Waals surface area (Å²) in [5.41, 5.74) is 1.47. The van der Waals surface area contributed by atoms with E-state index in [0.29, 0.717) is 5.75 Å². The van der Waals surface area contributed by atoms with Gasteiger partial charge in [-0.15, -0.1) is 0 Å². The number of rotatable bonds is 5. The van der Waals surface area contributed by atoms with Crippen LogP contribution in [0, 0.1) is 10.1 Å². The molecule has 0 spiro atoms. The van der Waals surface area contributed by atoms with Crippen molar-refractivity contribution in [2.24, 2.45) is 0 Å². The van der Waals surface area contributed by atoms with Gasteiger partial charge in [0.1, 0.15) is 11.5 Å². The van der Waals surface area contributed by atoms with E-state index in [1.54, 1.807) is 12.1 Å². The fraction of sp³-hybridized carbons (Fsp3) is 0.294. The van der Waals surface area contributed by atoms with Crippen molar-refractivity contribution in [1.29, 1.82) is 0 Å². The van der Waals surface area contributed by atoms with Crippen molar-refractivity contribution in [2.75, 3.05) is 0 Å². The minimum atomic E-state index is -0.425. The lowest BCUT2D eigenvalue weighted by atomic mass is 9.82. The molecule has 0 N–H and O–H groups in total. The van der Waals surface area contributed by atoms with E-state index in [4.69, 9.17) is 4.74 Å². The lowest BCUT2D eigenvalue weighted by Crippen LogP contribution is -2.14. The first-order valence-electron chi connectivity index (χ1n) is 6.95. The second kappa shape index (κ2) is 5.95. The van der Waals surface area contributed by atoms with Crippen LogP contribution in [-0.4, -0.2) is 4.92 Å². The Hall–Kier alpha value is -2.36. The van der Waals surface area contributed by atoms with Crippen LogP contribution in [0.15, 0.2) is 48.5 Å². The van der Waals surface area contributed by atoms with Crippen molar-refractivity contribution in [2.45, 2.75) is 32.6 Å². The number of non-ortho nitro benzene ring substituents is 1. The molecule has 0 aliphatic rings. The van der Waals surface area contributed by atoms with Gasteiger partial charge >= 0.3 is 0 Å². The van der Waals surface area contributed by atoms with Crippen molar-refractivity contribution in [3.63, 3.8) is 0 Å². The average molecular weight is 285 g/mol. The first-order chi connectivity index (χ1) is 9.92. The van der Waals surface area contributed by atoms with Crippen molar-refractivity contribution < 1.29 is 9.66 Å². The summed E-state index contributed by atoms with van der Waals surface area (Å²) >= 11 is 0. The Bertz CT molecular complexity index is 615. The number of benzene rings is 2. The highest BCUT2D eigenvalue weighted by Gasteiger charge is 2.17. The second-order valence-corrected chi connectivity index (χ2v) is 5.61. The van der Waals surface area contributed by atoms with Gasteiger partial charge in [0.15, 0.2) is 0 Å². The first kappa shape index (κ1) is 15.0. The molecule has 0 saturated carbocycles. The van der Waals surface area contributed by atoms with Gasteiger partial charge in [0, 0.05) is 12.1 Å². The molecule has 0 aromatic heterocycles. The third kappa shape index (κ3) is 3.60. The molecule has 4 nitrogen and oxygen atoms in total. The van der Waals surface area contributed by atoms with E-state index in [1.165, 1.54) is 17.7 Å². The molecule has 21 heavy (non-hydrogen) atoms. The smallest absolute Gasteiger partial charge is 0.269 e. The van der Waals surface area contributed by atoms with Gasteiger partial charge in [0.25, 0.3) is 5.69 Å². The number of nitro groups is 1. The normalized spacial score (nSPS) is 11.2. The van der Waals surface area contributed by atoms with E-state index in [0.717, 1.165) is 12.2 Å². The molecule has 0 heterocycles. The molecule has 2 rings (SSSR count). The maximum Gasteiger partial charge on any atom is 0.269 e. The highest BCUT2D eigenvalue weighted by Crippen LogP contribution is 2.30. The number of nitrogens with zero attached hydrogens (tertiary/aromatic N) is 1. The van der Waals surface area contributed by atoms with Crippen molar-refractivity contribution >= 4 is 5.69 Å². The Labute approximate surface area is 124 Å². The molecule has 0 aliphatic heterocycles. The monoisotopic (exact) mass is 285 g/mol. The number of ether oxygens (including phenoxy) is 1. The molecule has 0 atom stereocenters. The lowest BCUT2D eigenvalue weighted by molar-refractivity contribution is -0.384. The zero-order valence-electron chi connectivity index (χ0n) is 12.5. The lowest BCUT2D eigenvalue weighted by Gasteiger charge is -2.23. The molecule has 0 amide bonds. The molecule has 110 valence electrons. The van der Waals surface area contributed by atoms with Crippen LogP contribution in [0.2, 0.25) is 0 Å². The summed E-state index contributed by atoms with van der Waals surface area (Å²) in [4.78, 5) is 10.2. The van der Waals surface area contributed by atoms with E-state index in [-0.39, 0.29) is 11.1 Å². The van der Waals surface area contributed by atoms with E-state index >= 15 is 0 Å². The van der Waals surface area contributed by atoms with Gasteiger partial charge in [0.2, 0.25) is 0 Å². The van der Waals surface area contributed by atoms with E-state index in [1.807, 2.05) is 12.1 Å². The molecule has 0 bridgehead atoms. The second-order valence-electron chi connectivity index (χ2n) is 5.61. The number of hydrogen-bond acceptors (Lipinski definition) is 3. The molecule has 0 fully saturated rings. The average Bonchev–Trinajstić information content (AvgIpc) is 2.48. The highest BCUT2D eigenvalue weighted by atomic mass is 16.6. The summed E-state index contributed by atoms with van der Waals surface area (Å²) in [5, 5.41) is 10.6. The Morgan fingerprint density at radius 1 is 1.00 bits per heavy atom. The zero-order valence-corrected chi connectivity index (χ0v) is 12.5. The quantitative estimate of drug-likeness (QED) is 0.569. The Kier molecular flexibility index (Phi) is 4.26. The van der Waals surface area contributed by atoms with Crippen molar-refractivity contribution in [1.82, 2.24) is 0 Å². The molecule has 0 saturated heterocycles. The van der Waals surface area contributed by atoms with Gasteiger partial charge < -0.3 is 4.74 Å². The molecular weight excluding hydrogens is 266 g/mol. The third-order valence-corrected chi connectivity index (χ3v) is 3.80. The standard InChI is InChI=1S/C17H19NO3/c1-4-17(2,3)13-5-9-15(10-6-13)21-16-11-7-14(8-12-16)18(19)20/h5-12H,4H2,1-3H3. The summed E-state index contributed by atoms with van der Waals surface area (Å²) in [5.74, 6) is 1.31. The van der Waals surface area contributed by atoms with Gasteiger partial charge in [-0.3, -0.25) is 10.1 Å². The Balaban J connectivity index is 2.11. The van der Waals surface area contributed by atoms with Crippen molar-refractivity contribution in [3.05, 3.63) is 64.2 Å². The fourth-order valence-corrected chi connectivity index (χ4v) is 1.95. The molecule has 0 radical (unpaired) electrons. The van der Waals surface area contributed by atoms with E-state index in [9.17, 15) is 10.1 Å². The molecule has 0 aliphatic carbocycles. The summed E-state index contributed by atoms with van der Waals surface area (Å²) in [6.07, 6.45) is 1.07. The Morgan fingerprint density at radius 3 is 1.90 bits per heavy atom. The molecular formula is C17H19NO3. The van der Waals surface area contributed by atoms with E-state index in [2.05, 4.69) is 32.9 Å². The van der Waals surface area contributed by atoms with Crippen LogP contribution in [0.25, 0.3) is 0 Å². The van der Waals surface area contributed by atoms with Gasteiger partial charge in [-0.2, -0.15) is 0 Å². The maximum absolute atomic E-state index is 10.6. The van der Waals surface area contributed by atoms with Crippen LogP contribution >= 0.6 is 0 Å². The summed E-state index contributed by atoms with van der Waals surface area (Å²) in [6.45, 7) is 6.58. The van der Waals surface area contributed by atoms with Gasteiger partial charge in [-0.25, -0.2) is 0 Å². The highest BCUT2D eigenvalue weighted by molar-refractivity contribution is 5.39. The maximum atomic E-state index is 10.6. The zero-order chi connectivity index (χ0) is 15.5. The van der Waals surface area contributed by atoms with Crippen LogP contribution in [-0.2, 0) is 5.41 Å². The largest absolute Gasteiger partial charge is 0.457 e. The molecule has 4 heteroatoms. The summed E-state index contributed by atoms with van der Waals surface area (Å²) in [7, 11) is 0. The van der Waals surface area contributed by atoms with Crippen LogP contribution in [0.3, 0.4) is 0 Å². The third-order valence-electron chi connectivity index (χ3n) is 3.80. The minimum Gasteiger partial charge on any atom is -0.457 e. The molecule has 0 unspecified atom stereocenters. The topological polar surface area (TPSA) is 52.4 Å². The summed E-state index contributed by atoms with van der Waals surface area (Å²) < 4.78 is 5.69. The van der Waals surface area contributed by atoms with Crippen LogP contribution < -0.4 is 4.74 Å². The van der Waals surface area contributed by atoms with Crippen LogP contribution in [0.1, 0.15) is 32.8 Å². The number of nitro benzene ring substituents is 1. The van der Waals surface area contributed by atoms with Gasteiger partial charge in [0.05, 0.1) is 4.92 Å². The summed E-state index contributed by atoms with van der Waals surface area (Å²) in [6, 6.07) is 14.0. The molecule has 2 aromatic carbocycles. The fourth-order valence-electron chi connectivity index (χ4n) is 1.95. The van der Waals surface area contributed by atoms with E-state index < -0.39 is 4.92 Å². The SMILES string of the molecule is CCC(C)(C)c1ccc(Oc2ccc([N+](=O)[O-])cc2)cc1. The van der Waals surface area contributed by atoms with Crippen LogP contribution in [0.5, 0.6) is 11.5 Å². The Morgan fingerprint density at radius 2 is 1.48 bits per heavy atom. The van der Waals surface area contributed by atoms with Crippen molar-refractivity contribution in [3.8, 4) is 11.5 Å². The predicted octanol–water partition coefficient (Wildman–Crippen LogP) is 5.07. The first-order valence-corrected chi connectivity index (χ1v) is 6.95. The van der Waals surface area contributed by atoms with Crippen LogP contribution in [0.4, 0.5) is 5.69 Å². The van der Waals surface area contributed by atoms with Gasteiger partial charge in [-0.1, -0.05) is 32.9 Å². The molecule has 2 aromatic rings. The minimum absolute atomic E-state index is 0.0578.